The number of amides is 1. The Labute approximate surface area is 166 Å². The predicted molar refractivity (Wildman–Crippen MR) is 104 cm³/mol. The van der Waals surface area contributed by atoms with E-state index in [2.05, 4.69) is 4.90 Å². The SMILES string of the molecule is COC(=O)[C@@H]1C[C@@H]2CC[C@H]1N2C(=S)[C@@H]1C[C@@H]2CC[C@H]1N2C(=O)OC(C)(C)C. The van der Waals surface area contributed by atoms with Crippen LogP contribution in [0.25, 0.3) is 0 Å². The molecule has 6 atom stereocenters. The molecule has 4 aliphatic rings. The van der Waals surface area contributed by atoms with E-state index in [-0.39, 0.29) is 42.0 Å². The van der Waals surface area contributed by atoms with Crippen LogP contribution in [-0.4, -0.2) is 63.7 Å². The molecule has 0 aliphatic carbocycles. The lowest BCUT2D eigenvalue weighted by molar-refractivity contribution is -0.146. The van der Waals surface area contributed by atoms with Crippen LogP contribution < -0.4 is 0 Å². The first-order chi connectivity index (χ1) is 12.7. The molecule has 4 saturated heterocycles. The Morgan fingerprint density at radius 2 is 1.48 bits per heavy atom. The normalized spacial score (nSPS) is 37.0. The number of rotatable bonds is 2. The molecule has 6 nitrogen and oxygen atoms in total. The smallest absolute Gasteiger partial charge is 0.410 e. The second-order valence-electron chi connectivity index (χ2n) is 9.44. The van der Waals surface area contributed by atoms with Crippen molar-refractivity contribution < 1.29 is 19.1 Å². The van der Waals surface area contributed by atoms with Crippen molar-refractivity contribution in [2.45, 2.75) is 89.1 Å². The van der Waals surface area contributed by atoms with Crippen molar-refractivity contribution in [3.05, 3.63) is 0 Å². The van der Waals surface area contributed by atoms with Crippen LogP contribution in [0.4, 0.5) is 4.79 Å². The summed E-state index contributed by atoms with van der Waals surface area (Å²) >= 11 is 5.95. The van der Waals surface area contributed by atoms with Gasteiger partial charge in [0.25, 0.3) is 0 Å². The number of carbonyl (C=O) groups excluding carboxylic acids is 2. The lowest BCUT2D eigenvalue weighted by Gasteiger charge is -2.33. The third-order valence-electron chi connectivity index (χ3n) is 6.75. The summed E-state index contributed by atoms with van der Waals surface area (Å²) < 4.78 is 10.6. The molecule has 0 radical (unpaired) electrons. The molecule has 0 spiro atoms. The number of nitrogens with zero attached hydrogens (tertiary/aromatic N) is 2. The predicted octanol–water partition coefficient (Wildman–Crippen LogP) is 3.13. The molecule has 0 N–H and O–H groups in total. The average molecular weight is 395 g/mol. The second-order valence-corrected chi connectivity index (χ2v) is 9.86. The van der Waals surface area contributed by atoms with Crippen molar-refractivity contribution in [3.8, 4) is 0 Å². The van der Waals surface area contributed by atoms with Gasteiger partial charge in [-0.3, -0.25) is 4.79 Å². The number of ether oxygens (including phenoxy) is 2. The largest absolute Gasteiger partial charge is 0.469 e. The molecule has 0 aromatic rings. The standard InChI is InChI=1S/C20H30N2O4S/c1-20(2,3)26-19(24)22-12-6-7-15(22)13(9-12)17(27)21-11-5-8-16(21)14(10-11)18(23)25-4/h11-16H,5-10H2,1-4H3/t11-,12-,13+,14+,15+,16+/m0/s1. The number of thiocarbonyl (C=S) groups is 1. The minimum absolute atomic E-state index is 0.0627. The van der Waals surface area contributed by atoms with E-state index in [1.807, 2.05) is 25.7 Å². The second kappa shape index (κ2) is 6.61. The Morgan fingerprint density at radius 1 is 0.926 bits per heavy atom. The number of methoxy groups -OCH3 is 1. The van der Waals surface area contributed by atoms with Gasteiger partial charge in [0.2, 0.25) is 0 Å². The monoisotopic (exact) mass is 394 g/mol. The number of hydrogen-bond acceptors (Lipinski definition) is 5. The summed E-state index contributed by atoms with van der Waals surface area (Å²) in [7, 11) is 1.46. The molecule has 27 heavy (non-hydrogen) atoms. The first-order valence-electron chi connectivity index (χ1n) is 10.1. The molecule has 0 aromatic carbocycles. The molecule has 4 rings (SSSR count). The van der Waals surface area contributed by atoms with Gasteiger partial charge in [-0.25, -0.2) is 4.79 Å². The Kier molecular flexibility index (Phi) is 4.64. The van der Waals surface area contributed by atoms with Crippen LogP contribution in [0.1, 0.15) is 59.3 Å². The van der Waals surface area contributed by atoms with Gasteiger partial charge in [-0.1, -0.05) is 12.2 Å². The highest BCUT2D eigenvalue weighted by Crippen LogP contribution is 2.48. The maximum Gasteiger partial charge on any atom is 0.410 e. The molecular weight excluding hydrogens is 364 g/mol. The average Bonchev–Trinajstić information content (AvgIpc) is 3.36. The quantitative estimate of drug-likeness (QED) is 0.530. The van der Waals surface area contributed by atoms with Gasteiger partial charge >= 0.3 is 12.1 Å². The van der Waals surface area contributed by atoms with Crippen LogP contribution in [0.3, 0.4) is 0 Å². The summed E-state index contributed by atoms with van der Waals surface area (Å²) in [6.45, 7) is 5.71. The van der Waals surface area contributed by atoms with E-state index in [1.54, 1.807) is 0 Å². The molecule has 4 aliphatic heterocycles. The van der Waals surface area contributed by atoms with E-state index < -0.39 is 5.60 Å². The van der Waals surface area contributed by atoms with Gasteiger partial charge in [-0.2, -0.15) is 0 Å². The first-order valence-corrected chi connectivity index (χ1v) is 10.5. The van der Waals surface area contributed by atoms with Crippen molar-refractivity contribution in [2.24, 2.45) is 11.8 Å². The molecule has 0 aromatic heterocycles. The highest BCUT2D eigenvalue weighted by Gasteiger charge is 2.56. The van der Waals surface area contributed by atoms with Gasteiger partial charge in [0.1, 0.15) is 5.60 Å². The summed E-state index contributed by atoms with van der Waals surface area (Å²) in [5, 5.41) is 0. The molecule has 150 valence electrons. The third-order valence-corrected chi connectivity index (χ3v) is 7.27. The molecule has 0 unspecified atom stereocenters. The Morgan fingerprint density at radius 3 is 2.07 bits per heavy atom. The van der Waals surface area contributed by atoms with Gasteiger partial charge in [0.15, 0.2) is 0 Å². The summed E-state index contributed by atoms with van der Waals surface area (Å²) in [5.74, 6) is 0.0244. The molecular formula is C20H30N2O4S. The number of esters is 1. The van der Waals surface area contributed by atoms with Crippen LogP contribution >= 0.6 is 12.2 Å². The third kappa shape index (κ3) is 3.12. The van der Waals surface area contributed by atoms with Crippen molar-refractivity contribution in [1.29, 1.82) is 0 Å². The zero-order valence-corrected chi connectivity index (χ0v) is 17.5. The fourth-order valence-corrected chi connectivity index (χ4v) is 6.32. The maximum atomic E-state index is 12.7. The summed E-state index contributed by atoms with van der Waals surface area (Å²) in [6.07, 6.45) is 5.65. The van der Waals surface area contributed by atoms with Crippen LogP contribution in [0.2, 0.25) is 0 Å². The molecule has 0 saturated carbocycles. The van der Waals surface area contributed by atoms with Gasteiger partial charge in [0.05, 0.1) is 18.0 Å². The summed E-state index contributed by atoms with van der Waals surface area (Å²) in [6, 6.07) is 0.878. The number of fused-ring (bicyclic) bond motifs is 4. The first kappa shape index (κ1) is 19.0. The highest BCUT2D eigenvalue weighted by atomic mass is 32.1. The van der Waals surface area contributed by atoms with Crippen LogP contribution in [-0.2, 0) is 14.3 Å². The molecule has 4 fully saturated rings. The zero-order chi connectivity index (χ0) is 19.5. The molecule has 4 bridgehead atoms. The van der Waals surface area contributed by atoms with Crippen LogP contribution in [0, 0.1) is 11.8 Å². The van der Waals surface area contributed by atoms with E-state index in [1.165, 1.54) is 7.11 Å². The Balaban J connectivity index is 1.48. The van der Waals surface area contributed by atoms with E-state index in [9.17, 15) is 9.59 Å². The lowest BCUT2D eigenvalue weighted by Crippen LogP contribution is -2.45. The van der Waals surface area contributed by atoms with Crippen molar-refractivity contribution in [1.82, 2.24) is 9.80 Å². The minimum Gasteiger partial charge on any atom is -0.469 e. The molecule has 7 heteroatoms. The van der Waals surface area contributed by atoms with Gasteiger partial charge < -0.3 is 19.3 Å². The Hall–Kier alpha value is -1.37. The number of carbonyl (C=O) groups is 2. The van der Waals surface area contributed by atoms with Crippen LogP contribution in [0.15, 0.2) is 0 Å². The summed E-state index contributed by atoms with van der Waals surface area (Å²) in [4.78, 5) is 30.1. The maximum absolute atomic E-state index is 12.7. The fraction of sp³-hybridized carbons (Fsp3) is 0.850. The van der Waals surface area contributed by atoms with E-state index in [0.29, 0.717) is 6.04 Å². The fourth-order valence-electron chi connectivity index (χ4n) is 5.78. The van der Waals surface area contributed by atoms with E-state index in [4.69, 9.17) is 21.7 Å². The Bertz CT molecular complexity index is 661. The van der Waals surface area contributed by atoms with Crippen LogP contribution in [0.5, 0.6) is 0 Å². The van der Waals surface area contributed by atoms with Crippen molar-refractivity contribution in [2.75, 3.05) is 7.11 Å². The van der Waals surface area contributed by atoms with E-state index in [0.717, 1.165) is 43.5 Å². The minimum atomic E-state index is -0.489. The topological polar surface area (TPSA) is 59.1 Å². The van der Waals surface area contributed by atoms with Gasteiger partial charge in [0, 0.05) is 30.1 Å². The molecule has 1 amide bonds. The van der Waals surface area contributed by atoms with Gasteiger partial charge in [-0.05, 0) is 59.3 Å². The zero-order valence-electron chi connectivity index (χ0n) is 16.6. The molecule has 4 heterocycles. The summed E-state index contributed by atoms with van der Waals surface area (Å²) in [5.41, 5.74) is -0.489. The van der Waals surface area contributed by atoms with Gasteiger partial charge in [-0.15, -0.1) is 0 Å². The highest BCUT2D eigenvalue weighted by molar-refractivity contribution is 7.80. The van der Waals surface area contributed by atoms with Crippen molar-refractivity contribution in [3.63, 3.8) is 0 Å². The number of hydrogen-bond donors (Lipinski definition) is 0. The van der Waals surface area contributed by atoms with Crippen molar-refractivity contribution >= 4 is 29.3 Å². The lowest BCUT2D eigenvalue weighted by atomic mass is 9.88. The van der Waals surface area contributed by atoms with E-state index >= 15 is 0 Å².